The van der Waals surface area contributed by atoms with Crippen molar-refractivity contribution >= 4 is 17.4 Å². The third-order valence-electron chi connectivity index (χ3n) is 3.31. The zero-order valence-electron chi connectivity index (χ0n) is 12.2. The lowest BCUT2D eigenvalue weighted by molar-refractivity contribution is -0.384. The van der Waals surface area contributed by atoms with E-state index in [-0.39, 0.29) is 5.69 Å². The molecule has 2 aromatic carbocycles. The Morgan fingerprint density at radius 1 is 1.18 bits per heavy atom. The lowest BCUT2D eigenvalue weighted by atomic mass is 10.1. The molecule has 22 heavy (non-hydrogen) atoms. The number of nitro benzene ring substituents is 1. The highest BCUT2D eigenvalue weighted by atomic mass is 32.2. The molecule has 0 aliphatic carbocycles. The number of hydrogen-bond acceptors (Lipinski definition) is 5. The molecule has 116 valence electrons. The smallest absolute Gasteiger partial charge is 0.269 e. The van der Waals surface area contributed by atoms with Crippen LogP contribution in [0.5, 0.6) is 0 Å². The highest BCUT2D eigenvalue weighted by Gasteiger charge is 2.10. The largest absolute Gasteiger partial charge is 0.387 e. The second kappa shape index (κ2) is 7.93. The molecular weight excluding hydrogens is 300 g/mol. The zero-order chi connectivity index (χ0) is 15.9. The molecule has 0 spiro atoms. The molecule has 2 N–H and O–H groups in total. The summed E-state index contributed by atoms with van der Waals surface area (Å²) in [6.45, 7) is 1.06. The molecule has 1 atom stereocenters. The molecular formula is C16H18N2O3S. The van der Waals surface area contributed by atoms with Crippen molar-refractivity contribution in [3.8, 4) is 0 Å². The molecule has 0 aromatic heterocycles. The molecule has 0 bridgehead atoms. The standard InChI is InChI=1S/C16H18N2O3S/c1-22-15-8-2-12(3-9-15)10-17-11-16(19)13-4-6-14(7-5-13)18(20)21/h2-9,16-17,19H,10-11H2,1H3. The number of aliphatic hydroxyl groups is 1. The third kappa shape index (κ3) is 4.56. The summed E-state index contributed by atoms with van der Waals surface area (Å²) in [4.78, 5) is 11.4. The molecule has 0 saturated carbocycles. The van der Waals surface area contributed by atoms with Crippen LogP contribution in [0, 0.1) is 10.1 Å². The molecule has 0 radical (unpaired) electrons. The van der Waals surface area contributed by atoms with E-state index in [4.69, 9.17) is 0 Å². The molecule has 5 nitrogen and oxygen atoms in total. The monoisotopic (exact) mass is 318 g/mol. The predicted molar refractivity (Wildman–Crippen MR) is 88.0 cm³/mol. The molecule has 0 amide bonds. The van der Waals surface area contributed by atoms with Gasteiger partial charge in [0, 0.05) is 30.1 Å². The van der Waals surface area contributed by atoms with E-state index in [9.17, 15) is 15.2 Å². The van der Waals surface area contributed by atoms with Crippen molar-refractivity contribution in [3.05, 3.63) is 69.8 Å². The Hall–Kier alpha value is -1.89. The average molecular weight is 318 g/mol. The Morgan fingerprint density at radius 2 is 1.82 bits per heavy atom. The quantitative estimate of drug-likeness (QED) is 0.466. The van der Waals surface area contributed by atoms with Crippen molar-refractivity contribution in [1.82, 2.24) is 5.32 Å². The summed E-state index contributed by atoms with van der Waals surface area (Å²) >= 11 is 1.70. The Morgan fingerprint density at radius 3 is 2.36 bits per heavy atom. The third-order valence-corrected chi connectivity index (χ3v) is 4.06. The van der Waals surface area contributed by atoms with Crippen molar-refractivity contribution in [2.45, 2.75) is 17.5 Å². The molecule has 0 fully saturated rings. The van der Waals surface area contributed by atoms with E-state index in [1.54, 1.807) is 23.9 Å². The first-order valence-electron chi connectivity index (χ1n) is 6.86. The second-order valence-corrected chi connectivity index (χ2v) is 5.72. The highest BCUT2D eigenvalue weighted by Crippen LogP contribution is 2.18. The van der Waals surface area contributed by atoms with Gasteiger partial charge in [0.05, 0.1) is 11.0 Å². The minimum absolute atomic E-state index is 0.0257. The maximum absolute atomic E-state index is 10.6. The van der Waals surface area contributed by atoms with Gasteiger partial charge in [-0.15, -0.1) is 11.8 Å². The SMILES string of the molecule is CSc1ccc(CNCC(O)c2ccc([N+](=O)[O-])cc2)cc1. The van der Waals surface area contributed by atoms with Gasteiger partial charge in [-0.25, -0.2) is 0 Å². The summed E-state index contributed by atoms with van der Waals surface area (Å²) in [7, 11) is 0. The second-order valence-electron chi connectivity index (χ2n) is 4.84. The summed E-state index contributed by atoms with van der Waals surface area (Å²) in [6.07, 6.45) is 1.35. The molecule has 0 saturated heterocycles. The van der Waals surface area contributed by atoms with Gasteiger partial charge in [0.1, 0.15) is 0 Å². The number of nitrogens with one attached hydrogen (secondary N) is 1. The van der Waals surface area contributed by atoms with Gasteiger partial charge in [-0.3, -0.25) is 10.1 Å². The Kier molecular flexibility index (Phi) is 5.94. The van der Waals surface area contributed by atoms with Crippen LogP contribution >= 0.6 is 11.8 Å². The molecule has 2 aromatic rings. The number of non-ortho nitro benzene ring substituents is 1. The first-order valence-corrected chi connectivity index (χ1v) is 8.08. The molecule has 0 heterocycles. The minimum Gasteiger partial charge on any atom is -0.387 e. The van der Waals surface area contributed by atoms with Crippen molar-refractivity contribution in [2.75, 3.05) is 12.8 Å². The number of nitro groups is 1. The zero-order valence-corrected chi connectivity index (χ0v) is 13.0. The maximum atomic E-state index is 10.6. The van der Waals surface area contributed by atoms with E-state index >= 15 is 0 Å². The lowest BCUT2D eigenvalue weighted by Gasteiger charge is -2.12. The van der Waals surface area contributed by atoms with E-state index in [1.807, 2.05) is 6.26 Å². The average Bonchev–Trinajstić information content (AvgIpc) is 2.55. The molecule has 1 unspecified atom stereocenters. The van der Waals surface area contributed by atoms with Gasteiger partial charge in [0.2, 0.25) is 0 Å². The van der Waals surface area contributed by atoms with Crippen LogP contribution < -0.4 is 5.32 Å². The van der Waals surface area contributed by atoms with Crippen LogP contribution in [0.4, 0.5) is 5.69 Å². The van der Waals surface area contributed by atoms with E-state index in [0.717, 1.165) is 5.56 Å². The number of nitrogens with zero attached hydrogens (tertiary/aromatic N) is 1. The maximum Gasteiger partial charge on any atom is 0.269 e. The summed E-state index contributed by atoms with van der Waals surface area (Å²) in [5, 5.41) is 23.8. The van der Waals surface area contributed by atoms with Gasteiger partial charge in [-0.1, -0.05) is 12.1 Å². The number of rotatable bonds is 7. The van der Waals surface area contributed by atoms with Crippen LogP contribution in [-0.2, 0) is 6.54 Å². The Bertz CT molecular complexity index is 614. The lowest BCUT2D eigenvalue weighted by Crippen LogP contribution is -2.21. The van der Waals surface area contributed by atoms with Gasteiger partial charge in [-0.05, 0) is 41.6 Å². The number of hydrogen-bond donors (Lipinski definition) is 2. The molecule has 0 aliphatic heterocycles. The fraction of sp³-hybridized carbons (Fsp3) is 0.250. The molecule has 0 aliphatic rings. The first-order chi connectivity index (χ1) is 10.6. The van der Waals surface area contributed by atoms with Crippen molar-refractivity contribution in [1.29, 1.82) is 0 Å². The van der Waals surface area contributed by atoms with Crippen LogP contribution in [0.3, 0.4) is 0 Å². The molecule has 2 rings (SSSR count). The van der Waals surface area contributed by atoms with E-state index in [0.29, 0.717) is 18.7 Å². The van der Waals surface area contributed by atoms with Crippen LogP contribution in [0.2, 0.25) is 0 Å². The van der Waals surface area contributed by atoms with Crippen LogP contribution in [0.25, 0.3) is 0 Å². The number of thioether (sulfide) groups is 1. The fourth-order valence-corrected chi connectivity index (χ4v) is 2.44. The van der Waals surface area contributed by atoms with Crippen molar-refractivity contribution in [3.63, 3.8) is 0 Å². The molecule has 6 heteroatoms. The fourth-order valence-electron chi connectivity index (χ4n) is 2.03. The topological polar surface area (TPSA) is 75.4 Å². The van der Waals surface area contributed by atoms with Gasteiger partial charge in [-0.2, -0.15) is 0 Å². The van der Waals surface area contributed by atoms with Gasteiger partial charge >= 0.3 is 0 Å². The van der Waals surface area contributed by atoms with E-state index in [1.165, 1.54) is 17.0 Å². The van der Waals surface area contributed by atoms with Crippen LogP contribution in [0.15, 0.2) is 53.4 Å². The Balaban J connectivity index is 1.83. The van der Waals surface area contributed by atoms with Gasteiger partial charge < -0.3 is 10.4 Å². The van der Waals surface area contributed by atoms with Gasteiger partial charge in [0.25, 0.3) is 5.69 Å². The summed E-state index contributed by atoms with van der Waals surface area (Å²) in [5.74, 6) is 0. The number of aliphatic hydroxyl groups excluding tert-OH is 1. The summed E-state index contributed by atoms with van der Waals surface area (Å²) < 4.78 is 0. The normalized spacial score (nSPS) is 12.1. The minimum atomic E-state index is -0.689. The summed E-state index contributed by atoms with van der Waals surface area (Å²) in [6, 6.07) is 14.2. The number of benzene rings is 2. The van der Waals surface area contributed by atoms with Crippen molar-refractivity contribution < 1.29 is 10.0 Å². The Labute approximate surface area is 133 Å². The predicted octanol–water partition coefficient (Wildman–Crippen LogP) is 3.14. The van der Waals surface area contributed by atoms with E-state index < -0.39 is 11.0 Å². The van der Waals surface area contributed by atoms with E-state index in [2.05, 4.69) is 29.6 Å². The van der Waals surface area contributed by atoms with Crippen molar-refractivity contribution in [2.24, 2.45) is 0 Å². The van der Waals surface area contributed by atoms with Crippen LogP contribution in [0.1, 0.15) is 17.2 Å². The first kappa shape index (κ1) is 16.5. The summed E-state index contributed by atoms with van der Waals surface area (Å²) in [5.41, 5.74) is 1.84. The van der Waals surface area contributed by atoms with Crippen LogP contribution in [-0.4, -0.2) is 22.8 Å². The van der Waals surface area contributed by atoms with Gasteiger partial charge in [0.15, 0.2) is 0 Å². The highest BCUT2D eigenvalue weighted by molar-refractivity contribution is 7.98.